The van der Waals surface area contributed by atoms with Gasteiger partial charge in [0.1, 0.15) is 0 Å². The number of allylic oxidation sites excluding steroid dienone is 1. The molecule has 136 valence electrons. The van der Waals surface area contributed by atoms with E-state index >= 15 is 0 Å². The van der Waals surface area contributed by atoms with Crippen LogP contribution in [0.4, 0.5) is 5.69 Å². The quantitative estimate of drug-likeness (QED) is 0.774. The number of carbonyl (C=O) groups is 1. The molecule has 1 saturated heterocycles. The summed E-state index contributed by atoms with van der Waals surface area (Å²) < 4.78 is 0. The third-order valence-corrected chi connectivity index (χ3v) is 6.38. The van der Waals surface area contributed by atoms with Crippen molar-refractivity contribution in [3.63, 3.8) is 0 Å². The lowest BCUT2D eigenvalue weighted by molar-refractivity contribution is -0.129. The van der Waals surface area contributed by atoms with E-state index < -0.39 is 0 Å². The SMILES string of the molecule is Cc1ccc([C@H]2CC(=O)N3CN(c4ccccc4C)CSC3=C2C#N)cc1. The Morgan fingerprint density at radius 3 is 2.56 bits per heavy atom. The maximum absolute atomic E-state index is 12.9. The van der Waals surface area contributed by atoms with Crippen molar-refractivity contribution >= 4 is 23.4 Å². The van der Waals surface area contributed by atoms with Gasteiger partial charge in [0.2, 0.25) is 5.91 Å². The van der Waals surface area contributed by atoms with E-state index in [1.807, 2.05) is 43.3 Å². The number of thioether (sulfide) groups is 1. The molecule has 1 atom stereocenters. The van der Waals surface area contributed by atoms with Gasteiger partial charge in [0.25, 0.3) is 0 Å². The first kappa shape index (κ1) is 17.7. The normalized spacial score (nSPS) is 19.7. The van der Waals surface area contributed by atoms with E-state index in [2.05, 4.69) is 30.0 Å². The fraction of sp³-hybridized carbons (Fsp3) is 0.273. The van der Waals surface area contributed by atoms with Gasteiger partial charge in [0, 0.05) is 18.0 Å². The Labute approximate surface area is 164 Å². The molecule has 2 aromatic rings. The van der Waals surface area contributed by atoms with Gasteiger partial charge in [0.15, 0.2) is 0 Å². The molecule has 5 heteroatoms. The second-order valence-electron chi connectivity index (χ2n) is 7.06. The highest BCUT2D eigenvalue weighted by Gasteiger charge is 2.38. The predicted octanol–water partition coefficient (Wildman–Crippen LogP) is 4.52. The predicted molar refractivity (Wildman–Crippen MR) is 109 cm³/mol. The minimum absolute atomic E-state index is 0.0837. The van der Waals surface area contributed by atoms with Crippen molar-refractivity contribution in [2.45, 2.75) is 26.2 Å². The molecular weight excluding hydrogens is 354 g/mol. The number of rotatable bonds is 2. The van der Waals surface area contributed by atoms with Crippen LogP contribution in [0.15, 0.2) is 59.1 Å². The molecule has 4 nitrogen and oxygen atoms in total. The molecule has 0 bridgehead atoms. The van der Waals surface area contributed by atoms with Gasteiger partial charge in [-0.05, 0) is 31.0 Å². The first-order valence-electron chi connectivity index (χ1n) is 9.03. The highest BCUT2D eigenvalue weighted by molar-refractivity contribution is 8.03. The summed E-state index contributed by atoms with van der Waals surface area (Å²) in [5.74, 6) is 0.669. The molecule has 27 heavy (non-hydrogen) atoms. The molecule has 1 amide bonds. The van der Waals surface area contributed by atoms with Gasteiger partial charge in [-0.2, -0.15) is 5.26 Å². The number of hydrogen-bond donors (Lipinski definition) is 0. The zero-order valence-corrected chi connectivity index (χ0v) is 16.3. The summed E-state index contributed by atoms with van der Waals surface area (Å²) >= 11 is 1.58. The van der Waals surface area contributed by atoms with Crippen molar-refractivity contribution in [3.8, 4) is 6.07 Å². The lowest BCUT2D eigenvalue weighted by Gasteiger charge is -2.42. The molecule has 0 spiro atoms. The Morgan fingerprint density at radius 2 is 1.85 bits per heavy atom. The molecule has 2 aromatic carbocycles. The number of para-hydroxylation sites is 1. The van der Waals surface area contributed by atoms with Crippen LogP contribution in [0.5, 0.6) is 0 Å². The molecule has 4 rings (SSSR count). The number of benzene rings is 2. The summed E-state index contributed by atoms with van der Waals surface area (Å²) in [6.45, 7) is 4.62. The fourth-order valence-corrected chi connectivity index (χ4v) is 4.87. The zero-order valence-electron chi connectivity index (χ0n) is 15.5. The van der Waals surface area contributed by atoms with Crippen LogP contribution in [0.2, 0.25) is 0 Å². The standard InChI is InChI=1S/C22H21N3OS/c1-15-7-9-17(10-8-15)18-11-21(26)25-13-24(14-27-22(25)19(18)12-23)20-6-4-3-5-16(20)2/h3-10,18H,11,13-14H2,1-2H3/t18-/m1/s1. The highest BCUT2D eigenvalue weighted by atomic mass is 32.2. The van der Waals surface area contributed by atoms with E-state index in [9.17, 15) is 10.1 Å². The van der Waals surface area contributed by atoms with Crippen molar-refractivity contribution in [1.29, 1.82) is 5.26 Å². The van der Waals surface area contributed by atoms with Crippen LogP contribution in [0, 0.1) is 25.2 Å². The van der Waals surface area contributed by atoms with Crippen molar-refractivity contribution in [3.05, 3.63) is 75.8 Å². The number of fused-ring (bicyclic) bond motifs is 1. The number of nitrogens with zero attached hydrogens (tertiary/aromatic N) is 3. The summed E-state index contributed by atoms with van der Waals surface area (Å²) in [7, 11) is 0. The average Bonchev–Trinajstić information content (AvgIpc) is 2.69. The fourth-order valence-electron chi connectivity index (χ4n) is 3.72. The first-order chi connectivity index (χ1) is 13.1. The molecule has 0 N–H and O–H groups in total. The average molecular weight is 375 g/mol. The maximum Gasteiger partial charge on any atom is 0.229 e. The van der Waals surface area contributed by atoms with Crippen LogP contribution in [-0.2, 0) is 4.79 Å². The Balaban J connectivity index is 1.68. The molecule has 2 aliphatic rings. The third kappa shape index (κ3) is 3.22. The van der Waals surface area contributed by atoms with E-state index in [1.54, 1.807) is 16.7 Å². The zero-order chi connectivity index (χ0) is 19.0. The first-order valence-corrected chi connectivity index (χ1v) is 10.0. The van der Waals surface area contributed by atoms with Crippen molar-refractivity contribution in [1.82, 2.24) is 4.90 Å². The van der Waals surface area contributed by atoms with Crippen LogP contribution in [0.1, 0.15) is 29.0 Å². The van der Waals surface area contributed by atoms with Gasteiger partial charge in [-0.1, -0.05) is 59.8 Å². The Hall–Kier alpha value is -2.71. The van der Waals surface area contributed by atoms with Gasteiger partial charge in [-0.3, -0.25) is 9.69 Å². The number of anilines is 1. The molecule has 2 heterocycles. The van der Waals surface area contributed by atoms with Crippen molar-refractivity contribution in [2.24, 2.45) is 0 Å². The minimum atomic E-state index is -0.146. The second kappa shape index (κ2) is 7.13. The van der Waals surface area contributed by atoms with Gasteiger partial charge in [-0.15, -0.1) is 0 Å². The Kier molecular flexibility index (Phi) is 4.67. The van der Waals surface area contributed by atoms with Gasteiger partial charge in [-0.25, -0.2) is 0 Å². The number of nitriles is 1. The van der Waals surface area contributed by atoms with Crippen LogP contribution >= 0.6 is 11.8 Å². The largest absolute Gasteiger partial charge is 0.343 e. The van der Waals surface area contributed by atoms with Crippen molar-refractivity contribution < 1.29 is 4.79 Å². The number of amides is 1. The van der Waals surface area contributed by atoms with E-state index in [0.717, 1.165) is 22.2 Å². The minimum Gasteiger partial charge on any atom is -0.343 e. The number of aryl methyl sites for hydroxylation is 2. The summed E-state index contributed by atoms with van der Waals surface area (Å²) in [6, 6.07) is 18.8. The van der Waals surface area contributed by atoms with E-state index in [1.165, 1.54) is 11.1 Å². The van der Waals surface area contributed by atoms with E-state index in [0.29, 0.717) is 18.7 Å². The molecule has 0 unspecified atom stereocenters. The molecule has 2 aliphatic heterocycles. The summed E-state index contributed by atoms with van der Waals surface area (Å²) in [6.07, 6.45) is 0.345. The maximum atomic E-state index is 12.9. The lowest BCUT2D eigenvalue weighted by Crippen LogP contribution is -2.47. The summed E-state index contributed by atoms with van der Waals surface area (Å²) in [4.78, 5) is 16.9. The Morgan fingerprint density at radius 1 is 1.11 bits per heavy atom. The molecule has 0 aliphatic carbocycles. The summed E-state index contributed by atoms with van der Waals surface area (Å²) in [5, 5.41) is 10.7. The summed E-state index contributed by atoms with van der Waals surface area (Å²) in [5.41, 5.74) is 5.26. The molecule has 0 saturated carbocycles. The second-order valence-corrected chi connectivity index (χ2v) is 7.99. The van der Waals surface area contributed by atoms with Crippen molar-refractivity contribution in [2.75, 3.05) is 17.4 Å². The van der Waals surface area contributed by atoms with Gasteiger partial charge < -0.3 is 4.90 Å². The monoisotopic (exact) mass is 375 g/mol. The molecule has 0 aromatic heterocycles. The molecule has 1 fully saturated rings. The van der Waals surface area contributed by atoms with Crippen LogP contribution in [0.3, 0.4) is 0 Å². The third-order valence-electron chi connectivity index (χ3n) is 5.23. The van der Waals surface area contributed by atoms with Gasteiger partial charge >= 0.3 is 0 Å². The van der Waals surface area contributed by atoms with E-state index in [4.69, 9.17) is 0 Å². The van der Waals surface area contributed by atoms with Crippen LogP contribution < -0.4 is 4.90 Å². The van der Waals surface area contributed by atoms with Crippen LogP contribution in [0.25, 0.3) is 0 Å². The number of carbonyl (C=O) groups excluding carboxylic acids is 1. The molecule has 0 radical (unpaired) electrons. The molecular formula is C22H21N3OS. The smallest absolute Gasteiger partial charge is 0.229 e. The highest BCUT2D eigenvalue weighted by Crippen LogP contribution is 2.43. The van der Waals surface area contributed by atoms with Crippen LogP contribution in [-0.4, -0.2) is 23.4 Å². The Bertz CT molecular complexity index is 958. The lowest BCUT2D eigenvalue weighted by atomic mass is 9.86. The van der Waals surface area contributed by atoms with Gasteiger partial charge in [0.05, 0.1) is 29.2 Å². The number of hydrogen-bond acceptors (Lipinski definition) is 4. The van der Waals surface area contributed by atoms with E-state index in [-0.39, 0.29) is 11.8 Å². The topological polar surface area (TPSA) is 47.3 Å².